The van der Waals surface area contributed by atoms with Gasteiger partial charge in [-0.05, 0) is 43.9 Å². The van der Waals surface area contributed by atoms with Crippen LogP contribution in [-0.4, -0.2) is 23.3 Å². The number of hydrogen-bond donors (Lipinski definition) is 3. The summed E-state index contributed by atoms with van der Waals surface area (Å²) in [5, 5.41) is 8.69. The van der Waals surface area contributed by atoms with Gasteiger partial charge in [0.2, 0.25) is 11.8 Å². The van der Waals surface area contributed by atoms with Gasteiger partial charge in [0, 0.05) is 34.3 Å². The summed E-state index contributed by atoms with van der Waals surface area (Å²) < 4.78 is 0. The van der Waals surface area contributed by atoms with Gasteiger partial charge in [-0.2, -0.15) is 0 Å². The molecule has 29 heavy (non-hydrogen) atoms. The van der Waals surface area contributed by atoms with Crippen molar-refractivity contribution < 1.29 is 14.4 Å². The zero-order valence-electron chi connectivity index (χ0n) is 19.3. The van der Waals surface area contributed by atoms with E-state index in [1.807, 2.05) is 13.8 Å². The lowest BCUT2D eigenvalue weighted by molar-refractivity contribution is -0.119. The highest BCUT2D eigenvalue weighted by Crippen LogP contribution is 2.28. The van der Waals surface area contributed by atoms with Crippen LogP contribution in [0.1, 0.15) is 79.1 Å². The Bertz CT molecular complexity index is 719. The van der Waals surface area contributed by atoms with E-state index in [2.05, 4.69) is 36.7 Å². The lowest BCUT2D eigenvalue weighted by atomic mass is 9.81. The summed E-state index contributed by atoms with van der Waals surface area (Å²) in [4.78, 5) is 37.2. The summed E-state index contributed by atoms with van der Waals surface area (Å²) in [6.07, 6.45) is 0.798. The minimum Gasteiger partial charge on any atom is -0.347 e. The molecule has 0 fully saturated rings. The zero-order valence-corrected chi connectivity index (χ0v) is 19.3. The van der Waals surface area contributed by atoms with Crippen molar-refractivity contribution in [2.75, 3.05) is 10.6 Å². The Labute approximate surface area is 175 Å². The Morgan fingerprint density at radius 3 is 1.55 bits per heavy atom. The van der Waals surface area contributed by atoms with Crippen LogP contribution in [0.15, 0.2) is 18.2 Å². The van der Waals surface area contributed by atoms with E-state index in [4.69, 9.17) is 0 Å². The fourth-order valence-electron chi connectivity index (χ4n) is 3.23. The van der Waals surface area contributed by atoms with Crippen LogP contribution in [-0.2, 0) is 9.59 Å². The van der Waals surface area contributed by atoms with Crippen molar-refractivity contribution in [3.05, 3.63) is 23.8 Å². The summed E-state index contributed by atoms with van der Waals surface area (Å²) in [6, 6.07) is 4.93. The van der Waals surface area contributed by atoms with Gasteiger partial charge in [-0.3, -0.25) is 14.4 Å². The lowest BCUT2D eigenvalue weighted by Crippen LogP contribution is -2.45. The molecule has 0 heterocycles. The number of nitrogens with one attached hydrogen (secondary N) is 3. The van der Waals surface area contributed by atoms with Crippen LogP contribution in [0.4, 0.5) is 11.4 Å². The number of rotatable bonds is 7. The van der Waals surface area contributed by atoms with Crippen LogP contribution in [0.3, 0.4) is 0 Å². The molecule has 6 heteroatoms. The molecule has 0 atom stereocenters. The molecule has 0 aliphatic carbocycles. The van der Waals surface area contributed by atoms with Gasteiger partial charge < -0.3 is 16.0 Å². The smallest absolute Gasteiger partial charge is 0.251 e. The molecule has 3 N–H and O–H groups in total. The first-order chi connectivity index (χ1) is 13.1. The van der Waals surface area contributed by atoms with Gasteiger partial charge in [-0.15, -0.1) is 0 Å². The second kappa shape index (κ2) is 9.42. The first kappa shape index (κ1) is 24.7. The van der Waals surface area contributed by atoms with E-state index in [0.29, 0.717) is 16.9 Å². The van der Waals surface area contributed by atoms with Crippen LogP contribution in [0.25, 0.3) is 0 Å². The number of benzene rings is 1. The van der Waals surface area contributed by atoms with E-state index < -0.39 is 5.54 Å². The normalized spacial score (nSPS) is 12.1. The van der Waals surface area contributed by atoms with Crippen molar-refractivity contribution in [2.24, 2.45) is 17.3 Å². The molecule has 0 aromatic heterocycles. The predicted octanol–water partition coefficient (Wildman–Crippen LogP) is 4.82. The summed E-state index contributed by atoms with van der Waals surface area (Å²) >= 11 is 0. The third kappa shape index (κ3) is 8.67. The van der Waals surface area contributed by atoms with Crippen molar-refractivity contribution in [1.82, 2.24) is 5.32 Å². The molecule has 162 valence electrons. The molecule has 1 aromatic carbocycles. The lowest BCUT2D eigenvalue weighted by Gasteiger charge is -2.33. The molecule has 0 aliphatic rings. The van der Waals surface area contributed by atoms with Crippen molar-refractivity contribution in [3.63, 3.8) is 0 Å². The highest BCUT2D eigenvalue weighted by molar-refractivity contribution is 6.01. The zero-order chi connectivity index (χ0) is 22.6. The third-order valence-corrected chi connectivity index (χ3v) is 4.20. The van der Waals surface area contributed by atoms with E-state index in [0.717, 1.165) is 6.42 Å². The number of carbonyl (C=O) groups excluding carboxylic acids is 3. The minimum absolute atomic E-state index is 0.0558. The highest BCUT2D eigenvalue weighted by Gasteiger charge is 2.27. The molecule has 0 radical (unpaired) electrons. The molecule has 0 unspecified atom stereocenters. The van der Waals surface area contributed by atoms with Gasteiger partial charge in [0.15, 0.2) is 0 Å². The van der Waals surface area contributed by atoms with E-state index in [9.17, 15) is 14.4 Å². The second-order valence-electron chi connectivity index (χ2n) is 10.2. The number of amides is 3. The number of carbonyl (C=O) groups is 3. The average Bonchev–Trinajstić information content (AvgIpc) is 2.51. The SMILES string of the molecule is CC(C)C(=O)Nc1cc(NC(=O)C(C)C)cc(C(=O)NC(C)(C)CC(C)(C)C)c1. The average molecular weight is 404 g/mol. The fraction of sp³-hybridized carbons (Fsp3) is 0.609. The van der Waals surface area contributed by atoms with Gasteiger partial charge in [-0.1, -0.05) is 48.5 Å². The first-order valence-electron chi connectivity index (χ1n) is 10.2. The van der Waals surface area contributed by atoms with Gasteiger partial charge in [0.1, 0.15) is 0 Å². The maximum absolute atomic E-state index is 13.0. The molecule has 3 amide bonds. The number of hydrogen-bond acceptors (Lipinski definition) is 3. The van der Waals surface area contributed by atoms with Gasteiger partial charge in [-0.25, -0.2) is 0 Å². The summed E-state index contributed by atoms with van der Waals surface area (Å²) in [7, 11) is 0. The molecule has 0 bridgehead atoms. The van der Waals surface area contributed by atoms with Gasteiger partial charge in [0.25, 0.3) is 5.91 Å². The van der Waals surface area contributed by atoms with Crippen LogP contribution < -0.4 is 16.0 Å². The molecular weight excluding hydrogens is 366 g/mol. The third-order valence-electron chi connectivity index (χ3n) is 4.20. The van der Waals surface area contributed by atoms with Crippen molar-refractivity contribution in [1.29, 1.82) is 0 Å². The standard InChI is InChI=1S/C23H37N3O3/c1-14(2)19(27)24-17-10-16(11-18(12-17)25-20(28)15(3)4)21(29)26-23(8,9)13-22(5,6)7/h10-12,14-15H,13H2,1-9H3,(H,24,27)(H,25,28)(H,26,29). The van der Waals surface area contributed by atoms with Crippen molar-refractivity contribution >= 4 is 29.1 Å². The molecule has 0 saturated heterocycles. The Morgan fingerprint density at radius 1 is 0.793 bits per heavy atom. The van der Waals surface area contributed by atoms with Crippen LogP contribution in [0, 0.1) is 17.3 Å². The Morgan fingerprint density at radius 2 is 1.21 bits per heavy atom. The predicted molar refractivity (Wildman–Crippen MR) is 119 cm³/mol. The molecule has 1 aromatic rings. The maximum atomic E-state index is 13.0. The number of anilines is 2. The Hall–Kier alpha value is -2.37. The summed E-state index contributed by atoms with van der Waals surface area (Å²) in [6.45, 7) is 17.5. The molecule has 0 spiro atoms. The molecule has 0 saturated carbocycles. The Kier molecular flexibility index (Phi) is 8.01. The minimum atomic E-state index is -0.409. The van der Waals surface area contributed by atoms with Crippen LogP contribution in [0.5, 0.6) is 0 Å². The molecule has 1 rings (SSSR count). The molecule has 6 nitrogen and oxygen atoms in total. The topological polar surface area (TPSA) is 87.3 Å². The maximum Gasteiger partial charge on any atom is 0.251 e. The fourth-order valence-corrected chi connectivity index (χ4v) is 3.23. The summed E-state index contributed by atoms with van der Waals surface area (Å²) in [5.74, 6) is -0.965. The van der Waals surface area contributed by atoms with Crippen molar-refractivity contribution in [2.45, 2.75) is 74.3 Å². The van der Waals surface area contributed by atoms with Crippen LogP contribution >= 0.6 is 0 Å². The summed E-state index contributed by atoms with van der Waals surface area (Å²) in [5.41, 5.74) is 0.981. The van der Waals surface area contributed by atoms with Crippen molar-refractivity contribution in [3.8, 4) is 0 Å². The van der Waals surface area contributed by atoms with E-state index in [1.165, 1.54) is 0 Å². The molecule has 0 aliphatic heterocycles. The largest absolute Gasteiger partial charge is 0.347 e. The van der Waals surface area contributed by atoms with E-state index in [1.54, 1.807) is 45.9 Å². The van der Waals surface area contributed by atoms with Gasteiger partial charge >= 0.3 is 0 Å². The quantitative estimate of drug-likeness (QED) is 0.610. The second-order valence-corrected chi connectivity index (χ2v) is 10.2. The monoisotopic (exact) mass is 403 g/mol. The van der Waals surface area contributed by atoms with E-state index in [-0.39, 0.29) is 35.0 Å². The van der Waals surface area contributed by atoms with Crippen LogP contribution in [0.2, 0.25) is 0 Å². The first-order valence-corrected chi connectivity index (χ1v) is 10.2. The van der Waals surface area contributed by atoms with Gasteiger partial charge in [0.05, 0.1) is 0 Å². The Balaban J connectivity index is 3.20. The molecular formula is C23H37N3O3. The highest BCUT2D eigenvalue weighted by atomic mass is 16.2. The van der Waals surface area contributed by atoms with E-state index >= 15 is 0 Å².